The molecule has 0 spiro atoms. The number of rotatable bonds is 5. The summed E-state index contributed by atoms with van der Waals surface area (Å²) in [5.74, 6) is -0.551. The fourth-order valence-corrected chi connectivity index (χ4v) is 2.11. The fraction of sp³-hybridized carbons (Fsp3) is 0.118. The molecule has 2 aromatic carbocycles. The van der Waals surface area contributed by atoms with Gasteiger partial charge in [0.25, 0.3) is 5.91 Å². The summed E-state index contributed by atoms with van der Waals surface area (Å²) in [6.45, 7) is 0.447. The average Bonchev–Trinajstić information content (AvgIpc) is 3.07. The molecule has 0 bridgehead atoms. The van der Waals surface area contributed by atoms with Gasteiger partial charge in [0.2, 0.25) is 0 Å². The van der Waals surface area contributed by atoms with E-state index in [0.29, 0.717) is 13.0 Å². The Bertz CT molecular complexity index is 784. The molecule has 0 fully saturated rings. The highest BCUT2D eigenvalue weighted by molar-refractivity contribution is 5.91. The van der Waals surface area contributed by atoms with Gasteiger partial charge in [0, 0.05) is 6.54 Å². The summed E-state index contributed by atoms with van der Waals surface area (Å²) in [5, 5.41) is 11.0. The zero-order valence-electron chi connectivity index (χ0n) is 12.3. The third kappa shape index (κ3) is 3.79. The monoisotopic (exact) mass is 310 g/mol. The first-order chi connectivity index (χ1) is 11.2. The zero-order valence-corrected chi connectivity index (χ0v) is 12.3. The molecule has 1 amide bonds. The summed E-state index contributed by atoms with van der Waals surface area (Å²) in [5.41, 5.74) is 2.01. The topological polar surface area (TPSA) is 59.8 Å². The Kier molecular flexibility index (Phi) is 4.42. The second kappa shape index (κ2) is 6.83. The minimum Gasteiger partial charge on any atom is -0.350 e. The summed E-state index contributed by atoms with van der Waals surface area (Å²) in [4.78, 5) is 13.5. The number of carbonyl (C=O) groups is 1. The van der Waals surface area contributed by atoms with E-state index in [9.17, 15) is 9.18 Å². The van der Waals surface area contributed by atoms with Crippen LogP contribution in [0.4, 0.5) is 4.39 Å². The molecule has 1 heterocycles. The lowest BCUT2D eigenvalue weighted by molar-refractivity contribution is 0.0948. The van der Waals surface area contributed by atoms with Gasteiger partial charge >= 0.3 is 0 Å². The Morgan fingerprint density at radius 2 is 1.83 bits per heavy atom. The quantitative estimate of drug-likeness (QED) is 0.787. The zero-order chi connectivity index (χ0) is 16.1. The van der Waals surface area contributed by atoms with Gasteiger partial charge in [-0.3, -0.25) is 4.79 Å². The van der Waals surface area contributed by atoms with E-state index < -0.39 is 0 Å². The van der Waals surface area contributed by atoms with Crippen molar-refractivity contribution in [3.05, 3.63) is 77.9 Å². The maximum Gasteiger partial charge on any atom is 0.273 e. The highest BCUT2D eigenvalue weighted by Crippen LogP contribution is 2.05. The van der Waals surface area contributed by atoms with Gasteiger partial charge < -0.3 is 5.32 Å². The molecule has 116 valence electrons. The minimum absolute atomic E-state index is 0.257. The number of hydrogen-bond donors (Lipinski definition) is 1. The standard InChI is InChI=1S/C17H15FN4O/c18-14-8-6-13(7-9-14)10-11-19-17(23)16-12-20-22(21-16)15-4-2-1-3-5-15/h1-9,12H,10-11H2,(H,19,23). The fourth-order valence-electron chi connectivity index (χ4n) is 2.11. The molecule has 0 aliphatic carbocycles. The molecule has 0 radical (unpaired) electrons. The molecule has 6 heteroatoms. The van der Waals surface area contributed by atoms with Crippen LogP contribution in [0.1, 0.15) is 16.1 Å². The van der Waals surface area contributed by atoms with Crippen molar-refractivity contribution < 1.29 is 9.18 Å². The van der Waals surface area contributed by atoms with Crippen molar-refractivity contribution in [2.24, 2.45) is 0 Å². The molecular weight excluding hydrogens is 295 g/mol. The van der Waals surface area contributed by atoms with Crippen molar-refractivity contribution in [3.63, 3.8) is 0 Å². The van der Waals surface area contributed by atoms with E-state index in [4.69, 9.17) is 0 Å². The van der Waals surface area contributed by atoms with Crippen LogP contribution in [0.25, 0.3) is 5.69 Å². The van der Waals surface area contributed by atoms with E-state index in [-0.39, 0.29) is 17.4 Å². The van der Waals surface area contributed by atoms with E-state index in [1.807, 2.05) is 30.3 Å². The highest BCUT2D eigenvalue weighted by atomic mass is 19.1. The van der Waals surface area contributed by atoms with E-state index in [2.05, 4.69) is 15.5 Å². The smallest absolute Gasteiger partial charge is 0.273 e. The number of hydrogen-bond acceptors (Lipinski definition) is 3. The lowest BCUT2D eigenvalue weighted by Gasteiger charge is -2.03. The molecule has 0 aliphatic heterocycles. The lowest BCUT2D eigenvalue weighted by atomic mass is 10.1. The van der Waals surface area contributed by atoms with Crippen LogP contribution in [-0.2, 0) is 6.42 Å². The third-order valence-electron chi connectivity index (χ3n) is 3.32. The average molecular weight is 310 g/mol. The first-order valence-electron chi connectivity index (χ1n) is 7.23. The molecule has 23 heavy (non-hydrogen) atoms. The van der Waals surface area contributed by atoms with E-state index in [1.54, 1.807) is 12.1 Å². The normalized spacial score (nSPS) is 10.5. The van der Waals surface area contributed by atoms with Gasteiger partial charge in [-0.25, -0.2) is 4.39 Å². The summed E-state index contributed by atoms with van der Waals surface area (Å²) in [6.07, 6.45) is 2.05. The van der Waals surface area contributed by atoms with Crippen molar-refractivity contribution in [3.8, 4) is 5.69 Å². The van der Waals surface area contributed by atoms with Gasteiger partial charge in [-0.15, -0.1) is 5.10 Å². The summed E-state index contributed by atoms with van der Waals surface area (Å²) in [7, 11) is 0. The molecular formula is C17H15FN4O. The van der Waals surface area contributed by atoms with Gasteiger partial charge in [-0.05, 0) is 36.2 Å². The van der Waals surface area contributed by atoms with E-state index >= 15 is 0 Å². The summed E-state index contributed by atoms with van der Waals surface area (Å²) in [6, 6.07) is 15.6. The minimum atomic E-state index is -0.283. The SMILES string of the molecule is O=C(NCCc1ccc(F)cc1)c1cnn(-c2ccccc2)n1. The van der Waals surface area contributed by atoms with Crippen LogP contribution in [-0.4, -0.2) is 27.4 Å². The van der Waals surface area contributed by atoms with E-state index in [1.165, 1.54) is 23.1 Å². The molecule has 5 nitrogen and oxygen atoms in total. The first-order valence-corrected chi connectivity index (χ1v) is 7.23. The Hall–Kier alpha value is -3.02. The van der Waals surface area contributed by atoms with Gasteiger partial charge in [0.05, 0.1) is 11.9 Å². The van der Waals surface area contributed by atoms with Gasteiger partial charge in [0.15, 0.2) is 5.69 Å². The molecule has 0 atom stereocenters. The Labute approximate surface area is 132 Å². The molecule has 3 aromatic rings. The van der Waals surface area contributed by atoms with Gasteiger partial charge in [0.1, 0.15) is 5.82 Å². The summed E-state index contributed by atoms with van der Waals surface area (Å²) >= 11 is 0. The second-order valence-corrected chi connectivity index (χ2v) is 4.99. The number of benzene rings is 2. The molecule has 1 N–H and O–H groups in total. The predicted octanol–water partition coefficient (Wildman–Crippen LogP) is 2.38. The Morgan fingerprint density at radius 1 is 1.09 bits per heavy atom. The number of aromatic nitrogens is 3. The van der Waals surface area contributed by atoms with Crippen LogP contribution in [0.3, 0.4) is 0 Å². The van der Waals surface area contributed by atoms with Crippen LogP contribution < -0.4 is 5.32 Å². The van der Waals surface area contributed by atoms with Gasteiger partial charge in [-0.1, -0.05) is 30.3 Å². The molecule has 0 aliphatic rings. The number of carbonyl (C=O) groups excluding carboxylic acids is 1. The molecule has 3 rings (SSSR count). The predicted molar refractivity (Wildman–Crippen MR) is 83.8 cm³/mol. The second-order valence-electron chi connectivity index (χ2n) is 4.99. The van der Waals surface area contributed by atoms with Crippen LogP contribution in [0.5, 0.6) is 0 Å². The number of nitrogens with zero attached hydrogens (tertiary/aromatic N) is 3. The van der Waals surface area contributed by atoms with Crippen LogP contribution in [0.2, 0.25) is 0 Å². The van der Waals surface area contributed by atoms with Gasteiger partial charge in [-0.2, -0.15) is 9.90 Å². The largest absolute Gasteiger partial charge is 0.350 e. The van der Waals surface area contributed by atoms with Crippen molar-refractivity contribution in [1.82, 2.24) is 20.3 Å². The van der Waals surface area contributed by atoms with Crippen molar-refractivity contribution in [2.45, 2.75) is 6.42 Å². The van der Waals surface area contributed by atoms with Crippen molar-refractivity contribution >= 4 is 5.91 Å². The molecule has 0 unspecified atom stereocenters. The molecule has 1 aromatic heterocycles. The van der Waals surface area contributed by atoms with Crippen LogP contribution in [0.15, 0.2) is 60.8 Å². The molecule has 0 saturated carbocycles. The number of para-hydroxylation sites is 1. The maximum absolute atomic E-state index is 12.8. The Morgan fingerprint density at radius 3 is 2.57 bits per heavy atom. The highest BCUT2D eigenvalue weighted by Gasteiger charge is 2.10. The third-order valence-corrected chi connectivity index (χ3v) is 3.32. The lowest BCUT2D eigenvalue weighted by Crippen LogP contribution is -2.26. The van der Waals surface area contributed by atoms with Crippen LogP contribution in [0, 0.1) is 5.82 Å². The first kappa shape index (κ1) is 14.9. The van der Waals surface area contributed by atoms with Crippen molar-refractivity contribution in [1.29, 1.82) is 0 Å². The van der Waals surface area contributed by atoms with E-state index in [0.717, 1.165) is 11.3 Å². The number of amides is 1. The number of nitrogens with one attached hydrogen (secondary N) is 1. The molecule has 0 saturated heterocycles. The maximum atomic E-state index is 12.8. The number of halogens is 1. The summed E-state index contributed by atoms with van der Waals surface area (Å²) < 4.78 is 12.8. The van der Waals surface area contributed by atoms with Crippen molar-refractivity contribution in [2.75, 3.05) is 6.54 Å². The Balaban J connectivity index is 1.56. The van der Waals surface area contributed by atoms with Crippen LogP contribution >= 0.6 is 0 Å².